The Kier molecular flexibility index (Phi) is 3.90. The Morgan fingerprint density at radius 2 is 2.22 bits per heavy atom. The van der Waals surface area contributed by atoms with Crippen LogP contribution in [0.4, 0.5) is 9.80 Å². The van der Waals surface area contributed by atoms with Crippen LogP contribution in [0.15, 0.2) is 23.2 Å². The molecule has 0 unspecified atom stereocenters. The fourth-order valence-corrected chi connectivity index (χ4v) is 2.53. The zero-order chi connectivity index (χ0) is 13.0. The van der Waals surface area contributed by atoms with Crippen LogP contribution >= 0.6 is 22.7 Å². The average Bonchev–Trinajstić information content (AvgIpc) is 2.96. The molecule has 94 valence electrons. The van der Waals surface area contributed by atoms with Crippen LogP contribution in [0.1, 0.15) is 15.2 Å². The van der Waals surface area contributed by atoms with Gasteiger partial charge in [-0.25, -0.2) is 9.59 Å². The summed E-state index contributed by atoms with van der Waals surface area (Å²) in [6, 6.07) is 1.01. The van der Waals surface area contributed by atoms with Gasteiger partial charge in [0.25, 0.3) is 0 Å². The number of hydrogen-bond donors (Lipinski definition) is 3. The minimum Gasteiger partial charge on any atom is -0.478 e. The highest BCUT2D eigenvalue weighted by molar-refractivity contribution is 7.14. The number of carboxylic acids is 1. The minimum absolute atomic E-state index is 0.0907. The number of thiazole rings is 1. The number of rotatable bonds is 4. The van der Waals surface area contributed by atoms with Crippen molar-refractivity contribution in [2.75, 3.05) is 5.32 Å². The van der Waals surface area contributed by atoms with Gasteiger partial charge in [0.1, 0.15) is 5.00 Å². The van der Waals surface area contributed by atoms with E-state index in [-0.39, 0.29) is 5.56 Å². The number of hydrogen-bond acceptors (Lipinski definition) is 5. The van der Waals surface area contributed by atoms with Crippen LogP contribution in [0.25, 0.3) is 0 Å². The lowest BCUT2D eigenvalue weighted by molar-refractivity contribution is 0.0698. The second-order valence-electron chi connectivity index (χ2n) is 3.24. The molecular formula is C10H9N3O3S2. The summed E-state index contributed by atoms with van der Waals surface area (Å²) >= 11 is 2.60. The van der Waals surface area contributed by atoms with Crippen molar-refractivity contribution in [3.63, 3.8) is 0 Å². The standard InChI is InChI=1S/C10H9N3O3S2/c14-9(15)7-1-2-17-8(7)13-10(16)12-4-6-3-11-5-18-6/h1-3,5H,4H2,(H,14,15)(H2,12,13,16). The fraction of sp³-hybridized carbons (Fsp3) is 0.100. The molecular weight excluding hydrogens is 274 g/mol. The topological polar surface area (TPSA) is 91.3 Å². The van der Waals surface area contributed by atoms with Gasteiger partial charge in [0.05, 0.1) is 17.6 Å². The summed E-state index contributed by atoms with van der Waals surface area (Å²) in [5.74, 6) is -1.06. The van der Waals surface area contributed by atoms with Crippen molar-refractivity contribution in [2.45, 2.75) is 6.54 Å². The molecule has 0 atom stereocenters. The summed E-state index contributed by atoms with van der Waals surface area (Å²) in [5, 5.41) is 15.9. The Labute approximate surface area is 110 Å². The number of aromatic carboxylic acids is 1. The molecule has 2 heterocycles. The molecule has 0 bridgehead atoms. The molecule has 2 aromatic rings. The summed E-state index contributed by atoms with van der Waals surface area (Å²) < 4.78 is 0. The highest BCUT2D eigenvalue weighted by atomic mass is 32.1. The Bertz CT molecular complexity index is 550. The Morgan fingerprint density at radius 3 is 2.89 bits per heavy atom. The van der Waals surface area contributed by atoms with E-state index in [4.69, 9.17) is 5.11 Å². The van der Waals surface area contributed by atoms with Gasteiger partial charge in [-0.05, 0) is 11.4 Å². The Morgan fingerprint density at radius 1 is 1.39 bits per heavy atom. The zero-order valence-corrected chi connectivity index (χ0v) is 10.7. The number of thiophene rings is 1. The van der Waals surface area contributed by atoms with Crippen LogP contribution in [0, 0.1) is 0 Å². The maximum absolute atomic E-state index is 11.6. The van der Waals surface area contributed by atoms with Crippen molar-refractivity contribution >= 4 is 39.7 Å². The third-order valence-corrected chi connectivity index (χ3v) is 3.64. The van der Waals surface area contributed by atoms with Gasteiger partial charge in [0, 0.05) is 11.1 Å². The van der Waals surface area contributed by atoms with Gasteiger partial charge in [-0.1, -0.05) is 0 Å². The number of nitrogens with one attached hydrogen (secondary N) is 2. The summed E-state index contributed by atoms with van der Waals surface area (Å²) in [6.07, 6.45) is 1.67. The number of anilines is 1. The molecule has 0 saturated carbocycles. The average molecular weight is 283 g/mol. The number of urea groups is 1. The van der Waals surface area contributed by atoms with Gasteiger partial charge in [-0.15, -0.1) is 22.7 Å². The monoisotopic (exact) mass is 283 g/mol. The third kappa shape index (κ3) is 3.05. The summed E-state index contributed by atoms with van der Waals surface area (Å²) in [6.45, 7) is 0.365. The van der Waals surface area contributed by atoms with E-state index in [9.17, 15) is 9.59 Å². The van der Waals surface area contributed by atoms with E-state index in [0.29, 0.717) is 11.5 Å². The van der Waals surface area contributed by atoms with E-state index in [1.54, 1.807) is 17.1 Å². The molecule has 8 heteroatoms. The number of carbonyl (C=O) groups excluding carboxylic acids is 1. The number of nitrogens with zero attached hydrogens (tertiary/aromatic N) is 1. The molecule has 18 heavy (non-hydrogen) atoms. The van der Waals surface area contributed by atoms with Gasteiger partial charge in [-0.2, -0.15) is 0 Å². The minimum atomic E-state index is -1.06. The predicted octanol–water partition coefficient (Wildman–Crippen LogP) is 2.22. The van der Waals surface area contributed by atoms with Crippen LogP contribution in [-0.4, -0.2) is 22.1 Å². The van der Waals surface area contributed by atoms with E-state index in [1.165, 1.54) is 28.7 Å². The molecule has 0 radical (unpaired) electrons. The fourth-order valence-electron chi connectivity index (χ4n) is 1.22. The van der Waals surface area contributed by atoms with Crippen molar-refractivity contribution in [1.29, 1.82) is 0 Å². The van der Waals surface area contributed by atoms with Gasteiger partial charge in [0.15, 0.2) is 0 Å². The smallest absolute Gasteiger partial charge is 0.338 e. The van der Waals surface area contributed by atoms with Gasteiger partial charge < -0.3 is 10.4 Å². The van der Waals surface area contributed by atoms with E-state index < -0.39 is 12.0 Å². The van der Waals surface area contributed by atoms with Gasteiger partial charge in [0.2, 0.25) is 0 Å². The largest absolute Gasteiger partial charge is 0.478 e. The number of carboxylic acid groups (broad SMARTS) is 1. The van der Waals surface area contributed by atoms with E-state index in [0.717, 1.165) is 4.88 Å². The zero-order valence-electron chi connectivity index (χ0n) is 9.04. The molecule has 0 aliphatic heterocycles. The third-order valence-electron chi connectivity index (χ3n) is 2.03. The predicted molar refractivity (Wildman–Crippen MR) is 69.3 cm³/mol. The molecule has 2 aromatic heterocycles. The highest BCUT2D eigenvalue weighted by Gasteiger charge is 2.13. The molecule has 0 saturated heterocycles. The molecule has 0 aliphatic carbocycles. The van der Waals surface area contributed by atoms with Crippen molar-refractivity contribution < 1.29 is 14.7 Å². The maximum atomic E-state index is 11.6. The normalized spacial score (nSPS) is 10.0. The SMILES string of the molecule is O=C(NCc1cncs1)Nc1sccc1C(=O)O. The van der Waals surface area contributed by atoms with Gasteiger partial charge in [-0.3, -0.25) is 10.3 Å². The molecule has 0 spiro atoms. The van der Waals surface area contributed by atoms with Crippen LogP contribution in [0.3, 0.4) is 0 Å². The second kappa shape index (κ2) is 5.61. The van der Waals surface area contributed by atoms with E-state index in [1.807, 2.05) is 0 Å². The quantitative estimate of drug-likeness (QED) is 0.802. The number of amides is 2. The van der Waals surface area contributed by atoms with Crippen molar-refractivity contribution in [1.82, 2.24) is 10.3 Å². The highest BCUT2D eigenvalue weighted by Crippen LogP contribution is 2.22. The number of aromatic nitrogens is 1. The van der Waals surface area contributed by atoms with E-state index in [2.05, 4.69) is 15.6 Å². The Hall–Kier alpha value is -1.93. The molecule has 0 fully saturated rings. The maximum Gasteiger partial charge on any atom is 0.338 e. The molecule has 6 nitrogen and oxygen atoms in total. The van der Waals surface area contributed by atoms with Crippen LogP contribution in [0.5, 0.6) is 0 Å². The van der Waals surface area contributed by atoms with E-state index >= 15 is 0 Å². The Balaban J connectivity index is 1.91. The first-order valence-corrected chi connectivity index (χ1v) is 6.66. The van der Waals surface area contributed by atoms with Crippen LogP contribution in [0.2, 0.25) is 0 Å². The summed E-state index contributed by atoms with van der Waals surface area (Å²) in [7, 11) is 0. The molecule has 0 aromatic carbocycles. The first kappa shape index (κ1) is 12.5. The van der Waals surface area contributed by atoms with Crippen molar-refractivity contribution in [2.24, 2.45) is 0 Å². The van der Waals surface area contributed by atoms with Crippen molar-refractivity contribution in [3.8, 4) is 0 Å². The molecule has 2 rings (SSSR count). The molecule has 0 aliphatic rings. The lowest BCUT2D eigenvalue weighted by Gasteiger charge is -2.05. The molecule has 3 N–H and O–H groups in total. The molecule has 2 amide bonds. The summed E-state index contributed by atoms with van der Waals surface area (Å²) in [5.41, 5.74) is 1.77. The van der Waals surface area contributed by atoms with Crippen molar-refractivity contribution in [3.05, 3.63) is 33.6 Å². The van der Waals surface area contributed by atoms with Crippen LogP contribution < -0.4 is 10.6 Å². The first-order valence-electron chi connectivity index (χ1n) is 4.90. The second-order valence-corrected chi connectivity index (χ2v) is 5.13. The summed E-state index contributed by atoms with van der Waals surface area (Å²) in [4.78, 5) is 27.2. The first-order chi connectivity index (χ1) is 8.66. The van der Waals surface area contributed by atoms with Crippen LogP contribution in [-0.2, 0) is 6.54 Å². The lowest BCUT2D eigenvalue weighted by atomic mass is 10.3. The van der Waals surface area contributed by atoms with Gasteiger partial charge >= 0.3 is 12.0 Å². The lowest BCUT2D eigenvalue weighted by Crippen LogP contribution is -2.28. The number of carbonyl (C=O) groups is 2.